The summed E-state index contributed by atoms with van der Waals surface area (Å²) in [4.78, 5) is 11.6. The highest BCUT2D eigenvalue weighted by Crippen LogP contribution is 2.35. The minimum atomic E-state index is 0.506. The van der Waals surface area contributed by atoms with Gasteiger partial charge in [0, 0.05) is 20.4 Å². The van der Waals surface area contributed by atoms with E-state index in [9.17, 15) is 0 Å². The monoisotopic (exact) mass is 429 g/mol. The quantitative estimate of drug-likeness (QED) is 0.739. The van der Waals surface area contributed by atoms with Gasteiger partial charge < -0.3 is 5.32 Å². The predicted octanol–water partition coefficient (Wildman–Crippen LogP) is 4.17. The van der Waals surface area contributed by atoms with Crippen molar-refractivity contribution in [1.82, 2.24) is 5.32 Å². The summed E-state index contributed by atoms with van der Waals surface area (Å²) in [5.41, 5.74) is 0.905. The first kappa shape index (κ1) is 15.0. The molecule has 0 atom stereocenters. The lowest BCUT2D eigenvalue weighted by atomic mass is 10.3. The van der Waals surface area contributed by atoms with E-state index >= 15 is 0 Å². The molecular formula is C14H13Br2N3OS. The zero-order valence-corrected chi connectivity index (χ0v) is 15.0. The lowest BCUT2D eigenvalue weighted by molar-refractivity contribution is 0.129. The van der Waals surface area contributed by atoms with Gasteiger partial charge in [-0.2, -0.15) is 5.06 Å². The Morgan fingerprint density at radius 2 is 2.05 bits per heavy atom. The van der Waals surface area contributed by atoms with E-state index in [1.807, 2.05) is 29.6 Å². The van der Waals surface area contributed by atoms with Gasteiger partial charge >= 0.3 is 0 Å². The number of para-hydroxylation sites is 1. The minimum Gasteiger partial charge on any atom is -0.352 e. The molecule has 4 nitrogen and oxygen atoms in total. The Labute approximate surface area is 144 Å². The highest BCUT2D eigenvalue weighted by Gasteiger charge is 2.22. The van der Waals surface area contributed by atoms with Crippen molar-refractivity contribution in [2.45, 2.75) is 6.61 Å². The predicted molar refractivity (Wildman–Crippen MR) is 93.7 cm³/mol. The zero-order chi connectivity index (χ0) is 14.7. The summed E-state index contributed by atoms with van der Waals surface area (Å²) in [6.45, 7) is 2.10. The van der Waals surface area contributed by atoms with Gasteiger partial charge in [-0.3, -0.25) is 4.84 Å². The van der Waals surface area contributed by atoms with Gasteiger partial charge in [0.05, 0.1) is 6.54 Å². The second-order valence-corrected chi connectivity index (χ2v) is 7.09. The van der Waals surface area contributed by atoms with E-state index in [0.29, 0.717) is 6.61 Å². The Balaban J connectivity index is 1.88. The van der Waals surface area contributed by atoms with Crippen LogP contribution in [0.15, 0.2) is 49.6 Å². The molecule has 0 saturated heterocycles. The third kappa shape index (κ3) is 3.48. The summed E-state index contributed by atoms with van der Waals surface area (Å²) >= 11 is 8.84. The summed E-state index contributed by atoms with van der Waals surface area (Å²) in [7, 11) is 0. The molecule has 0 unspecified atom stereocenters. The van der Waals surface area contributed by atoms with Crippen LogP contribution in [-0.2, 0) is 11.4 Å². The molecule has 0 amide bonds. The van der Waals surface area contributed by atoms with Crippen molar-refractivity contribution in [3.05, 3.63) is 49.5 Å². The third-order valence-corrected chi connectivity index (χ3v) is 5.04. The van der Waals surface area contributed by atoms with Gasteiger partial charge in [0.15, 0.2) is 0 Å². The van der Waals surface area contributed by atoms with Crippen LogP contribution >= 0.6 is 43.2 Å². The van der Waals surface area contributed by atoms with Crippen LogP contribution in [-0.4, -0.2) is 19.0 Å². The van der Waals surface area contributed by atoms with Crippen LogP contribution in [0.5, 0.6) is 0 Å². The van der Waals surface area contributed by atoms with E-state index < -0.39 is 0 Å². The van der Waals surface area contributed by atoms with E-state index in [1.54, 1.807) is 16.4 Å². The number of hydrogen-bond acceptors (Lipinski definition) is 5. The van der Waals surface area contributed by atoms with Crippen molar-refractivity contribution in [1.29, 1.82) is 0 Å². The molecule has 2 aromatic rings. The first-order valence-corrected chi connectivity index (χ1v) is 8.90. The number of halogens is 2. The van der Waals surface area contributed by atoms with Crippen LogP contribution < -0.4 is 10.4 Å². The molecule has 0 spiro atoms. The van der Waals surface area contributed by atoms with Crippen LogP contribution in [0.4, 0.5) is 5.69 Å². The number of nitrogens with one attached hydrogen (secondary N) is 1. The molecule has 1 aliphatic heterocycles. The van der Waals surface area contributed by atoms with Gasteiger partial charge in [-0.15, -0.1) is 11.3 Å². The summed E-state index contributed by atoms with van der Waals surface area (Å²) in [5, 5.41) is 7.05. The summed E-state index contributed by atoms with van der Waals surface area (Å²) < 4.78 is 1.89. The topological polar surface area (TPSA) is 36.9 Å². The Bertz CT molecular complexity index is 625. The number of hydroxylamine groups is 1. The number of anilines is 1. The molecule has 1 aromatic heterocycles. The fourth-order valence-corrected chi connectivity index (χ4v) is 3.89. The Morgan fingerprint density at radius 1 is 1.24 bits per heavy atom. The van der Waals surface area contributed by atoms with Crippen molar-refractivity contribution < 1.29 is 4.84 Å². The first-order chi connectivity index (χ1) is 10.3. The molecular weight excluding hydrogens is 418 g/mol. The van der Waals surface area contributed by atoms with Crippen LogP contribution in [0.2, 0.25) is 0 Å². The second kappa shape index (κ2) is 6.91. The largest absolute Gasteiger partial charge is 0.352 e. The van der Waals surface area contributed by atoms with Crippen LogP contribution in [0.25, 0.3) is 0 Å². The fraction of sp³-hybridized carbons (Fsp3) is 0.214. The molecule has 2 heterocycles. The van der Waals surface area contributed by atoms with Crippen molar-refractivity contribution in [3.8, 4) is 0 Å². The molecule has 1 aromatic carbocycles. The Hall–Kier alpha value is -0.890. The molecule has 1 N–H and O–H groups in total. The third-order valence-electron chi connectivity index (χ3n) is 2.91. The molecule has 0 fully saturated rings. The summed E-state index contributed by atoms with van der Waals surface area (Å²) in [5.74, 6) is 0.735. The average molecular weight is 431 g/mol. The molecule has 0 bridgehead atoms. The van der Waals surface area contributed by atoms with Crippen molar-refractivity contribution >= 4 is 54.8 Å². The van der Waals surface area contributed by atoms with Gasteiger partial charge in [0.25, 0.3) is 0 Å². The number of nitrogens with zero attached hydrogens (tertiary/aromatic N) is 2. The maximum Gasteiger partial charge on any atom is 0.223 e. The van der Waals surface area contributed by atoms with Crippen molar-refractivity contribution in [2.24, 2.45) is 4.99 Å². The number of thiophene rings is 1. The Kier molecular flexibility index (Phi) is 4.95. The molecule has 110 valence electrons. The smallest absolute Gasteiger partial charge is 0.223 e. The maximum atomic E-state index is 6.01. The standard InChI is InChI=1S/C14H13Br2N3OS/c15-11-4-1-5-12(16)13(11)19(14-17-6-7-18-14)20-9-10-3-2-8-21-10/h1-5,8H,6-7,9H2,(H,17,18). The minimum absolute atomic E-state index is 0.506. The number of guanidine groups is 1. The van der Waals surface area contributed by atoms with E-state index in [4.69, 9.17) is 4.84 Å². The van der Waals surface area contributed by atoms with Gasteiger partial charge in [-0.1, -0.05) is 12.1 Å². The second-order valence-electron chi connectivity index (χ2n) is 4.35. The van der Waals surface area contributed by atoms with Crippen molar-refractivity contribution in [3.63, 3.8) is 0 Å². The fourth-order valence-electron chi connectivity index (χ4n) is 1.96. The normalized spacial score (nSPS) is 13.9. The number of rotatable bonds is 4. The van der Waals surface area contributed by atoms with Crippen molar-refractivity contribution in [2.75, 3.05) is 18.2 Å². The highest BCUT2D eigenvalue weighted by molar-refractivity contribution is 9.11. The average Bonchev–Trinajstić information content (AvgIpc) is 3.15. The van der Waals surface area contributed by atoms with Crippen LogP contribution in [0.1, 0.15) is 4.88 Å². The number of benzene rings is 1. The Morgan fingerprint density at radius 3 is 2.67 bits per heavy atom. The summed E-state index contributed by atoms with van der Waals surface area (Å²) in [6, 6.07) is 10.0. The first-order valence-electron chi connectivity index (χ1n) is 6.43. The number of aliphatic imine (C=N–C) groups is 1. The molecule has 1 aliphatic rings. The lowest BCUT2D eigenvalue weighted by Crippen LogP contribution is -2.39. The van der Waals surface area contributed by atoms with E-state index in [2.05, 4.69) is 48.2 Å². The van der Waals surface area contributed by atoms with E-state index in [0.717, 1.165) is 33.7 Å². The maximum absolute atomic E-state index is 6.01. The number of hydrogen-bond donors (Lipinski definition) is 1. The van der Waals surface area contributed by atoms with Gasteiger partial charge in [-0.25, -0.2) is 4.99 Å². The van der Waals surface area contributed by atoms with Gasteiger partial charge in [0.2, 0.25) is 5.96 Å². The molecule has 21 heavy (non-hydrogen) atoms. The highest BCUT2D eigenvalue weighted by atomic mass is 79.9. The molecule has 0 radical (unpaired) electrons. The summed E-state index contributed by atoms with van der Waals surface area (Å²) in [6.07, 6.45) is 0. The van der Waals surface area contributed by atoms with Crippen LogP contribution in [0.3, 0.4) is 0 Å². The SMILES string of the molecule is Brc1cccc(Br)c1N(OCc1cccs1)C1=NCCN1. The molecule has 3 rings (SSSR count). The molecule has 7 heteroatoms. The van der Waals surface area contributed by atoms with E-state index in [1.165, 1.54) is 4.88 Å². The zero-order valence-electron chi connectivity index (χ0n) is 11.1. The lowest BCUT2D eigenvalue weighted by Gasteiger charge is -2.25. The molecule has 0 saturated carbocycles. The van der Waals surface area contributed by atoms with Gasteiger partial charge in [-0.05, 0) is 55.4 Å². The molecule has 0 aliphatic carbocycles. The van der Waals surface area contributed by atoms with Gasteiger partial charge in [0.1, 0.15) is 12.3 Å². The van der Waals surface area contributed by atoms with Crippen LogP contribution in [0, 0.1) is 0 Å². The van der Waals surface area contributed by atoms with E-state index in [-0.39, 0.29) is 0 Å².